The topological polar surface area (TPSA) is 46.8 Å². The minimum atomic E-state index is 0.733. The largest absolute Gasteiger partial charge is 0.330 e. The summed E-state index contributed by atoms with van der Waals surface area (Å²) < 4.78 is 2.18. The first-order valence-corrected chi connectivity index (χ1v) is 9.79. The van der Waals surface area contributed by atoms with E-state index < -0.39 is 0 Å². The van der Waals surface area contributed by atoms with E-state index in [1.807, 2.05) is 54.7 Å². The first kappa shape index (κ1) is 17.3. The predicted octanol–water partition coefficient (Wildman–Crippen LogP) is 4.24. The highest BCUT2D eigenvalue weighted by Crippen LogP contribution is 2.30. The molecule has 3 heterocycles. The molecule has 5 nitrogen and oxygen atoms in total. The van der Waals surface area contributed by atoms with Crippen molar-refractivity contribution in [3.8, 4) is 11.4 Å². The summed E-state index contributed by atoms with van der Waals surface area (Å²) in [4.78, 5) is 16.6. The fourth-order valence-electron chi connectivity index (χ4n) is 3.86. The molecule has 5 rings (SSSR count). The van der Waals surface area contributed by atoms with E-state index in [-0.39, 0.29) is 0 Å². The molecule has 140 valence electrons. The van der Waals surface area contributed by atoms with Gasteiger partial charge in [0.1, 0.15) is 5.82 Å². The predicted molar refractivity (Wildman–Crippen MR) is 111 cm³/mol. The van der Waals surface area contributed by atoms with Crippen molar-refractivity contribution >= 4 is 22.6 Å². The number of hydrogen-bond acceptors (Lipinski definition) is 4. The lowest BCUT2D eigenvalue weighted by Crippen LogP contribution is -2.31. The average Bonchev–Trinajstić information content (AvgIpc) is 3.04. The zero-order chi connectivity index (χ0) is 19.1. The molecule has 2 aromatic carbocycles. The monoisotopic (exact) mass is 389 g/mol. The van der Waals surface area contributed by atoms with Gasteiger partial charge in [-0.3, -0.25) is 9.88 Å². The second-order valence-corrected chi connectivity index (χ2v) is 7.59. The fourth-order valence-corrected chi connectivity index (χ4v) is 4.08. The lowest BCUT2D eigenvalue weighted by molar-refractivity contribution is 0.235. The van der Waals surface area contributed by atoms with Crippen LogP contribution in [0.5, 0.6) is 0 Å². The van der Waals surface area contributed by atoms with E-state index in [9.17, 15) is 0 Å². The molecule has 28 heavy (non-hydrogen) atoms. The highest BCUT2D eigenvalue weighted by molar-refractivity contribution is 6.33. The Labute approximate surface area is 168 Å². The molecule has 0 fully saturated rings. The Bertz CT molecular complexity index is 1170. The summed E-state index contributed by atoms with van der Waals surface area (Å²) >= 11 is 6.40. The fraction of sp³-hybridized carbons (Fsp3) is 0.227. The van der Waals surface area contributed by atoms with E-state index in [0.717, 1.165) is 59.2 Å². The molecule has 1 aliphatic rings. The van der Waals surface area contributed by atoms with Crippen molar-refractivity contribution < 1.29 is 0 Å². The van der Waals surface area contributed by atoms with E-state index >= 15 is 0 Å². The van der Waals surface area contributed by atoms with E-state index in [1.165, 1.54) is 11.4 Å². The van der Waals surface area contributed by atoms with E-state index in [1.54, 1.807) is 0 Å². The molecule has 0 saturated carbocycles. The summed E-state index contributed by atoms with van der Waals surface area (Å²) in [7, 11) is 2.07. The molecule has 0 spiro atoms. The average molecular weight is 390 g/mol. The van der Waals surface area contributed by atoms with E-state index in [0.29, 0.717) is 0 Å². The molecule has 0 radical (unpaired) electrons. The van der Waals surface area contributed by atoms with Gasteiger partial charge in [0.25, 0.3) is 0 Å². The maximum atomic E-state index is 6.40. The van der Waals surface area contributed by atoms with Gasteiger partial charge in [0, 0.05) is 38.7 Å². The maximum absolute atomic E-state index is 6.40. The quantitative estimate of drug-likeness (QED) is 0.525. The SMILES string of the molecule is Cn1c(-c2ccccc2Cl)nc2c1CN(Cc1cnc3ccccc3n1)CC2. The van der Waals surface area contributed by atoms with Crippen LogP contribution in [0.25, 0.3) is 22.4 Å². The Kier molecular flexibility index (Phi) is 4.34. The number of imidazole rings is 1. The normalized spacial score (nSPS) is 14.4. The second kappa shape index (κ2) is 7.00. The molecule has 4 aromatic rings. The number of hydrogen-bond donors (Lipinski definition) is 0. The molecule has 0 bridgehead atoms. The van der Waals surface area contributed by atoms with Gasteiger partial charge in [-0.05, 0) is 24.3 Å². The summed E-state index contributed by atoms with van der Waals surface area (Å²) in [5.74, 6) is 0.933. The van der Waals surface area contributed by atoms with Crippen LogP contribution >= 0.6 is 11.6 Å². The van der Waals surface area contributed by atoms with Gasteiger partial charge in [-0.1, -0.05) is 35.9 Å². The molecular weight excluding hydrogens is 370 g/mol. The van der Waals surface area contributed by atoms with Crippen molar-refractivity contribution in [2.75, 3.05) is 6.54 Å². The molecule has 2 aromatic heterocycles. The second-order valence-electron chi connectivity index (χ2n) is 7.18. The molecule has 0 atom stereocenters. The number of fused-ring (bicyclic) bond motifs is 2. The minimum absolute atomic E-state index is 0.733. The van der Waals surface area contributed by atoms with Gasteiger partial charge in [0.15, 0.2) is 0 Å². The molecule has 1 aliphatic heterocycles. The molecule has 0 aliphatic carbocycles. The van der Waals surface area contributed by atoms with Crippen molar-refractivity contribution in [1.82, 2.24) is 24.4 Å². The molecule has 6 heteroatoms. The highest BCUT2D eigenvalue weighted by Gasteiger charge is 2.24. The van der Waals surface area contributed by atoms with Crippen molar-refractivity contribution in [2.24, 2.45) is 7.05 Å². The molecular formula is C22H20ClN5. The molecule has 0 unspecified atom stereocenters. The van der Waals surface area contributed by atoms with Crippen LogP contribution in [-0.4, -0.2) is 31.0 Å². The van der Waals surface area contributed by atoms with Gasteiger partial charge in [0.05, 0.1) is 39.3 Å². The Morgan fingerprint density at radius 3 is 2.64 bits per heavy atom. The Morgan fingerprint density at radius 2 is 1.79 bits per heavy atom. The summed E-state index contributed by atoms with van der Waals surface area (Å²) in [6, 6.07) is 15.9. The lowest BCUT2D eigenvalue weighted by Gasteiger charge is -2.26. The van der Waals surface area contributed by atoms with Crippen LogP contribution in [0.2, 0.25) is 5.02 Å². The summed E-state index contributed by atoms with van der Waals surface area (Å²) in [6.07, 6.45) is 2.81. The van der Waals surface area contributed by atoms with Crippen LogP contribution < -0.4 is 0 Å². The van der Waals surface area contributed by atoms with Crippen molar-refractivity contribution in [1.29, 1.82) is 0 Å². The van der Waals surface area contributed by atoms with E-state index in [2.05, 4.69) is 21.5 Å². The number of benzene rings is 2. The molecule has 0 saturated heterocycles. The van der Waals surface area contributed by atoms with Crippen LogP contribution in [0.3, 0.4) is 0 Å². The van der Waals surface area contributed by atoms with Crippen LogP contribution in [-0.2, 0) is 26.6 Å². The first-order chi connectivity index (χ1) is 13.7. The van der Waals surface area contributed by atoms with Crippen LogP contribution in [0, 0.1) is 0 Å². The Balaban J connectivity index is 1.41. The van der Waals surface area contributed by atoms with E-state index in [4.69, 9.17) is 21.6 Å². The minimum Gasteiger partial charge on any atom is -0.330 e. The Hall–Kier alpha value is -2.76. The standard InChI is InChI=1S/C22H20ClN5/c1-27-21-14-28(13-15-12-24-18-8-4-5-9-19(18)25-15)11-10-20(21)26-22(27)16-6-2-3-7-17(16)23/h2-9,12H,10-11,13-14H2,1H3. The zero-order valence-electron chi connectivity index (χ0n) is 15.6. The first-order valence-electron chi connectivity index (χ1n) is 9.41. The van der Waals surface area contributed by atoms with Gasteiger partial charge in [0.2, 0.25) is 0 Å². The third-order valence-corrected chi connectivity index (χ3v) is 5.66. The van der Waals surface area contributed by atoms with Crippen LogP contribution in [0.1, 0.15) is 17.1 Å². The highest BCUT2D eigenvalue weighted by atomic mass is 35.5. The number of nitrogens with zero attached hydrogens (tertiary/aromatic N) is 5. The van der Waals surface area contributed by atoms with Gasteiger partial charge >= 0.3 is 0 Å². The maximum Gasteiger partial charge on any atom is 0.141 e. The lowest BCUT2D eigenvalue weighted by atomic mass is 10.1. The van der Waals surface area contributed by atoms with Crippen LogP contribution in [0.4, 0.5) is 0 Å². The summed E-state index contributed by atoms with van der Waals surface area (Å²) in [6.45, 7) is 2.59. The molecule has 0 amide bonds. The number of rotatable bonds is 3. The smallest absolute Gasteiger partial charge is 0.141 e. The summed E-state index contributed by atoms with van der Waals surface area (Å²) in [5.41, 5.74) is 6.26. The van der Waals surface area contributed by atoms with Gasteiger partial charge < -0.3 is 4.57 Å². The van der Waals surface area contributed by atoms with Crippen molar-refractivity contribution in [3.05, 3.63) is 76.8 Å². The third kappa shape index (κ3) is 3.07. The van der Waals surface area contributed by atoms with Crippen molar-refractivity contribution in [2.45, 2.75) is 19.5 Å². The third-order valence-electron chi connectivity index (χ3n) is 5.33. The zero-order valence-corrected chi connectivity index (χ0v) is 16.4. The van der Waals surface area contributed by atoms with Gasteiger partial charge in [-0.25, -0.2) is 9.97 Å². The number of para-hydroxylation sites is 2. The van der Waals surface area contributed by atoms with Gasteiger partial charge in [-0.15, -0.1) is 0 Å². The molecule has 0 N–H and O–H groups in total. The number of aromatic nitrogens is 4. The Morgan fingerprint density at radius 1 is 1.00 bits per heavy atom. The summed E-state index contributed by atoms with van der Waals surface area (Å²) in [5, 5.41) is 0.733. The van der Waals surface area contributed by atoms with Crippen molar-refractivity contribution in [3.63, 3.8) is 0 Å². The van der Waals surface area contributed by atoms with Gasteiger partial charge in [-0.2, -0.15) is 0 Å². The van der Waals surface area contributed by atoms with Crippen LogP contribution in [0.15, 0.2) is 54.7 Å². The number of halogens is 1.